The van der Waals surface area contributed by atoms with Crippen molar-refractivity contribution in [1.29, 1.82) is 0 Å². The number of carbonyl (C=O) groups excluding carboxylic acids is 1. The van der Waals surface area contributed by atoms with E-state index < -0.39 is 0 Å². The van der Waals surface area contributed by atoms with Gasteiger partial charge in [-0.2, -0.15) is 5.10 Å². The summed E-state index contributed by atoms with van der Waals surface area (Å²) in [7, 11) is 3.62. The second kappa shape index (κ2) is 6.31. The maximum Gasteiger partial charge on any atom is 0.256 e. The van der Waals surface area contributed by atoms with Crippen LogP contribution in [0, 0.1) is 0 Å². The van der Waals surface area contributed by atoms with Crippen LogP contribution in [0.1, 0.15) is 10.4 Å². The molecule has 6 nitrogen and oxygen atoms in total. The predicted octanol–water partition coefficient (Wildman–Crippen LogP) is 2.78. The Kier molecular flexibility index (Phi) is 4.05. The van der Waals surface area contributed by atoms with Gasteiger partial charge in [0.2, 0.25) is 0 Å². The minimum atomic E-state index is -0.175. The highest BCUT2D eigenvalue weighted by molar-refractivity contribution is 6.08. The SMILES string of the molecule is CNc1ccc(-c2ccccc2C(=O)Nc2cnn(C)c2)cn1. The van der Waals surface area contributed by atoms with Crippen LogP contribution in [0.2, 0.25) is 0 Å². The van der Waals surface area contributed by atoms with Crippen molar-refractivity contribution in [3.05, 3.63) is 60.6 Å². The van der Waals surface area contributed by atoms with E-state index in [0.29, 0.717) is 11.3 Å². The van der Waals surface area contributed by atoms with Gasteiger partial charge in [0.15, 0.2) is 0 Å². The lowest BCUT2D eigenvalue weighted by atomic mass is 10.0. The van der Waals surface area contributed by atoms with Gasteiger partial charge in [0.25, 0.3) is 5.91 Å². The molecule has 3 rings (SSSR count). The van der Waals surface area contributed by atoms with E-state index in [1.165, 1.54) is 0 Å². The van der Waals surface area contributed by atoms with E-state index in [1.807, 2.05) is 37.4 Å². The molecule has 2 aromatic heterocycles. The predicted molar refractivity (Wildman–Crippen MR) is 90.4 cm³/mol. The zero-order valence-electron chi connectivity index (χ0n) is 12.9. The summed E-state index contributed by atoms with van der Waals surface area (Å²) < 4.78 is 1.64. The summed E-state index contributed by atoms with van der Waals surface area (Å²) in [6.07, 6.45) is 5.12. The van der Waals surface area contributed by atoms with Crippen molar-refractivity contribution < 1.29 is 4.79 Å². The summed E-state index contributed by atoms with van der Waals surface area (Å²) in [5.74, 6) is 0.609. The van der Waals surface area contributed by atoms with Crippen molar-refractivity contribution >= 4 is 17.4 Å². The zero-order valence-corrected chi connectivity index (χ0v) is 12.9. The second-order valence-electron chi connectivity index (χ2n) is 5.08. The molecule has 0 unspecified atom stereocenters. The number of pyridine rings is 1. The molecular formula is C17H17N5O. The first-order valence-corrected chi connectivity index (χ1v) is 7.20. The highest BCUT2D eigenvalue weighted by Crippen LogP contribution is 2.24. The first-order valence-electron chi connectivity index (χ1n) is 7.20. The Hall–Kier alpha value is -3.15. The Morgan fingerprint density at radius 3 is 2.61 bits per heavy atom. The third-order valence-corrected chi connectivity index (χ3v) is 3.47. The Labute approximate surface area is 134 Å². The number of aromatic nitrogens is 3. The number of amides is 1. The Balaban J connectivity index is 1.91. The van der Waals surface area contributed by atoms with Crippen LogP contribution < -0.4 is 10.6 Å². The van der Waals surface area contributed by atoms with E-state index in [4.69, 9.17) is 0 Å². The minimum Gasteiger partial charge on any atom is -0.373 e. The summed E-state index contributed by atoms with van der Waals surface area (Å²) >= 11 is 0. The number of nitrogens with one attached hydrogen (secondary N) is 2. The molecule has 0 saturated heterocycles. The monoisotopic (exact) mass is 307 g/mol. The van der Waals surface area contributed by atoms with E-state index in [9.17, 15) is 4.79 Å². The lowest BCUT2D eigenvalue weighted by molar-refractivity contribution is 0.102. The number of carbonyl (C=O) groups is 1. The number of rotatable bonds is 4. The maximum absolute atomic E-state index is 12.6. The molecular weight excluding hydrogens is 290 g/mol. The molecule has 3 aromatic rings. The lowest BCUT2D eigenvalue weighted by Gasteiger charge is -2.10. The van der Waals surface area contributed by atoms with Gasteiger partial charge in [-0.05, 0) is 23.8 Å². The van der Waals surface area contributed by atoms with Gasteiger partial charge in [0.05, 0.1) is 11.9 Å². The van der Waals surface area contributed by atoms with Crippen LogP contribution >= 0.6 is 0 Å². The average molecular weight is 307 g/mol. The first kappa shape index (κ1) is 14.8. The van der Waals surface area contributed by atoms with Gasteiger partial charge in [0, 0.05) is 37.6 Å². The van der Waals surface area contributed by atoms with Gasteiger partial charge in [-0.15, -0.1) is 0 Å². The third-order valence-electron chi connectivity index (χ3n) is 3.47. The molecule has 2 N–H and O–H groups in total. The molecule has 2 heterocycles. The van der Waals surface area contributed by atoms with E-state index in [2.05, 4.69) is 20.7 Å². The smallest absolute Gasteiger partial charge is 0.256 e. The van der Waals surface area contributed by atoms with Crippen LogP contribution in [0.15, 0.2) is 55.0 Å². The van der Waals surface area contributed by atoms with Gasteiger partial charge < -0.3 is 10.6 Å². The molecule has 0 fully saturated rings. The fraction of sp³-hybridized carbons (Fsp3) is 0.118. The van der Waals surface area contributed by atoms with Crippen molar-refractivity contribution in [2.45, 2.75) is 0 Å². The molecule has 0 aliphatic heterocycles. The number of hydrogen-bond acceptors (Lipinski definition) is 4. The number of aryl methyl sites for hydroxylation is 1. The summed E-state index contributed by atoms with van der Waals surface area (Å²) in [5.41, 5.74) is 2.98. The van der Waals surface area contributed by atoms with Crippen LogP contribution in [0.5, 0.6) is 0 Å². The van der Waals surface area contributed by atoms with E-state index in [0.717, 1.165) is 16.9 Å². The first-order chi connectivity index (χ1) is 11.2. The Morgan fingerprint density at radius 1 is 1.13 bits per heavy atom. The van der Waals surface area contributed by atoms with Gasteiger partial charge >= 0.3 is 0 Å². The van der Waals surface area contributed by atoms with E-state index in [1.54, 1.807) is 36.4 Å². The van der Waals surface area contributed by atoms with Gasteiger partial charge in [0.1, 0.15) is 5.82 Å². The molecule has 0 spiro atoms. The second-order valence-corrected chi connectivity index (χ2v) is 5.08. The fourth-order valence-corrected chi connectivity index (χ4v) is 2.32. The van der Waals surface area contributed by atoms with Crippen LogP contribution in [0.3, 0.4) is 0 Å². The topological polar surface area (TPSA) is 71.8 Å². The van der Waals surface area contributed by atoms with Crippen molar-refractivity contribution in [3.8, 4) is 11.1 Å². The van der Waals surface area contributed by atoms with Gasteiger partial charge in [-0.3, -0.25) is 9.48 Å². The highest BCUT2D eigenvalue weighted by Gasteiger charge is 2.13. The molecule has 0 aliphatic carbocycles. The lowest BCUT2D eigenvalue weighted by Crippen LogP contribution is -2.12. The molecule has 0 radical (unpaired) electrons. The quantitative estimate of drug-likeness (QED) is 0.777. The van der Waals surface area contributed by atoms with Gasteiger partial charge in [-0.25, -0.2) is 4.98 Å². The highest BCUT2D eigenvalue weighted by atomic mass is 16.1. The number of anilines is 2. The summed E-state index contributed by atoms with van der Waals surface area (Å²) in [4.78, 5) is 16.9. The molecule has 116 valence electrons. The van der Waals surface area contributed by atoms with E-state index in [-0.39, 0.29) is 5.91 Å². The molecule has 1 aromatic carbocycles. The number of nitrogens with zero attached hydrogens (tertiary/aromatic N) is 3. The fourth-order valence-electron chi connectivity index (χ4n) is 2.32. The van der Waals surface area contributed by atoms with Crippen molar-refractivity contribution in [1.82, 2.24) is 14.8 Å². The van der Waals surface area contributed by atoms with E-state index >= 15 is 0 Å². The molecule has 0 aliphatic rings. The minimum absolute atomic E-state index is 0.175. The molecule has 0 bridgehead atoms. The molecule has 0 atom stereocenters. The standard InChI is InChI=1S/C17H17N5O/c1-18-16-8-7-12(9-19-16)14-5-3-4-6-15(14)17(23)21-13-10-20-22(2)11-13/h3-11H,1-2H3,(H,18,19)(H,21,23). The van der Waals surface area contributed by atoms with Crippen LogP contribution in [-0.2, 0) is 7.05 Å². The Morgan fingerprint density at radius 2 is 1.96 bits per heavy atom. The number of hydrogen-bond donors (Lipinski definition) is 2. The van der Waals surface area contributed by atoms with Crippen molar-refractivity contribution in [2.24, 2.45) is 7.05 Å². The Bertz CT molecular complexity index is 823. The largest absolute Gasteiger partial charge is 0.373 e. The normalized spacial score (nSPS) is 10.3. The maximum atomic E-state index is 12.6. The third kappa shape index (κ3) is 3.21. The van der Waals surface area contributed by atoms with Crippen LogP contribution in [0.4, 0.5) is 11.5 Å². The zero-order chi connectivity index (χ0) is 16.2. The average Bonchev–Trinajstić information content (AvgIpc) is 3.00. The van der Waals surface area contributed by atoms with Crippen molar-refractivity contribution in [3.63, 3.8) is 0 Å². The molecule has 23 heavy (non-hydrogen) atoms. The van der Waals surface area contributed by atoms with Gasteiger partial charge in [-0.1, -0.05) is 18.2 Å². The molecule has 0 saturated carbocycles. The summed E-state index contributed by atoms with van der Waals surface area (Å²) in [5, 5.41) is 9.88. The van der Waals surface area contributed by atoms with Crippen molar-refractivity contribution in [2.75, 3.05) is 17.7 Å². The summed E-state index contributed by atoms with van der Waals surface area (Å²) in [6, 6.07) is 11.3. The summed E-state index contributed by atoms with van der Waals surface area (Å²) in [6.45, 7) is 0. The number of benzene rings is 1. The van der Waals surface area contributed by atoms with Crippen LogP contribution in [0.25, 0.3) is 11.1 Å². The van der Waals surface area contributed by atoms with Crippen LogP contribution in [-0.4, -0.2) is 27.7 Å². The molecule has 6 heteroatoms. The molecule has 1 amide bonds.